The predicted octanol–water partition coefficient (Wildman–Crippen LogP) is -0.689. The van der Waals surface area contributed by atoms with E-state index in [1.54, 1.807) is 0 Å². The van der Waals surface area contributed by atoms with Crippen LogP contribution < -0.4 is 5.73 Å². The third kappa shape index (κ3) is 1.08. The van der Waals surface area contributed by atoms with Crippen LogP contribution in [0.1, 0.15) is 6.92 Å². The first-order chi connectivity index (χ1) is 6.22. The quantitative estimate of drug-likeness (QED) is 0.578. The van der Waals surface area contributed by atoms with Crippen LogP contribution in [0.5, 0.6) is 0 Å². The maximum absolute atomic E-state index is 11.2. The number of hydrogen-bond donors (Lipinski definition) is 1. The average Bonchev–Trinajstić information content (AvgIpc) is 2.47. The van der Waals surface area contributed by atoms with Gasteiger partial charge in [0, 0.05) is 6.54 Å². The number of hydrogen-bond acceptors (Lipinski definition) is 6. The second-order valence-electron chi connectivity index (χ2n) is 2.60. The van der Waals surface area contributed by atoms with Gasteiger partial charge in [-0.25, -0.2) is 5.01 Å². The third-order valence-corrected chi connectivity index (χ3v) is 1.77. The Labute approximate surface area is 74.0 Å². The molecule has 0 aromatic carbocycles. The van der Waals surface area contributed by atoms with Crippen molar-refractivity contribution < 1.29 is 4.79 Å². The number of likely N-dealkylation sites (N-methyl/N-ethyl adjacent to an activating group) is 1. The lowest BCUT2D eigenvalue weighted by atomic mass is 10.2. The molecule has 7 heteroatoms. The van der Waals surface area contributed by atoms with E-state index in [-0.39, 0.29) is 5.96 Å². The number of nitrogens with zero attached hydrogens (tertiary/aromatic N) is 5. The minimum absolute atomic E-state index is 0.0259. The summed E-state index contributed by atoms with van der Waals surface area (Å²) in [5.74, 6) is 0.0456. The van der Waals surface area contributed by atoms with Crippen LogP contribution in [-0.4, -0.2) is 35.3 Å². The molecule has 1 unspecified atom stereocenters. The topological polar surface area (TPSA) is 95.8 Å². The van der Waals surface area contributed by atoms with E-state index in [0.29, 0.717) is 12.4 Å². The fourth-order valence-corrected chi connectivity index (χ4v) is 1.17. The molecule has 0 aliphatic carbocycles. The molecule has 2 heterocycles. The van der Waals surface area contributed by atoms with Crippen LogP contribution in [0.15, 0.2) is 20.3 Å². The predicted molar refractivity (Wildman–Crippen MR) is 45.1 cm³/mol. The number of carbonyl (C=O) groups excluding carboxylic acids is 1. The molecule has 2 N–H and O–H groups in total. The van der Waals surface area contributed by atoms with E-state index in [1.807, 2.05) is 6.92 Å². The Balaban J connectivity index is 2.37. The maximum Gasteiger partial charge on any atom is 0.283 e. The van der Waals surface area contributed by atoms with Crippen LogP contribution in [0.4, 0.5) is 0 Å². The molecule has 2 aliphatic heterocycles. The number of aliphatic imine (C=N–C) groups is 2. The standard InChI is InChI=1S/C6H8N6O/c1-2-12-4-3(10-11-12)5(13)9-6(7)8-4/h3H,2H2,1H3,(H2,7,9,13). The van der Waals surface area contributed by atoms with E-state index in [1.165, 1.54) is 5.01 Å². The van der Waals surface area contributed by atoms with Gasteiger partial charge in [0.25, 0.3) is 5.91 Å². The van der Waals surface area contributed by atoms with Gasteiger partial charge in [0.1, 0.15) is 0 Å². The lowest BCUT2D eigenvalue weighted by Gasteiger charge is -2.14. The SMILES string of the molecule is CCN1N=NC2C(=O)N=C(N)N=C21. The van der Waals surface area contributed by atoms with Crippen LogP contribution in [0, 0.1) is 0 Å². The Bertz CT molecular complexity index is 343. The summed E-state index contributed by atoms with van der Waals surface area (Å²) in [6.45, 7) is 2.50. The highest BCUT2D eigenvalue weighted by atomic mass is 16.2. The van der Waals surface area contributed by atoms with Crippen molar-refractivity contribution in [2.45, 2.75) is 13.0 Å². The van der Waals surface area contributed by atoms with E-state index in [0.717, 1.165) is 0 Å². The zero-order valence-corrected chi connectivity index (χ0v) is 7.01. The van der Waals surface area contributed by atoms with Gasteiger partial charge in [-0.3, -0.25) is 4.79 Å². The number of amidine groups is 1. The smallest absolute Gasteiger partial charge is 0.283 e. The first-order valence-corrected chi connectivity index (χ1v) is 3.87. The van der Waals surface area contributed by atoms with Crippen LogP contribution in [0.2, 0.25) is 0 Å². The number of nitrogens with two attached hydrogens (primary N) is 1. The van der Waals surface area contributed by atoms with Gasteiger partial charge in [-0.05, 0) is 6.92 Å². The average molecular weight is 180 g/mol. The zero-order chi connectivity index (χ0) is 9.42. The number of guanidine groups is 1. The van der Waals surface area contributed by atoms with E-state index < -0.39 is 11.9 Å². The molecule has 0 bridgehead atoms. The van der Waals surface area contributed by atoms with Crippen molar-refractivity contribution in [3.8, 4) is 0 Å². The molecule has 1 atom stereocenters. The van der Waals surface area contributed by atoms with Crippen molar-refractivity contribution >= 4 is 17.7 Å². The molecule has 0 saturated carbocycles. The van der Waals surface area contributed by atoms with Gasteiger partial charge in [0.2, 0.25) is 12.0 Å². The number of rotatable bonds is 1. The molecule has 1 amide bonds. The van der Waals surface area contributed by atoms with Gasteiger partial charge in [-0.15, -0.1) is 5.11 Å². The highest BCUT2D eigenvalue weighted by molar-refractivity contribution is 6.17. The third-order valence-electron chi connectivity index (χ3n) is 1.77. The molecule has 0 radical (unpaired) electrons. The summed E-state index contributed by atoms with van der Waals surface area (Å²) >= 11 is 0. The molecular formula is C6H8N6O. The summed E-state index contributed by atoms with van der Waals surface area (Å²) in [6.07, 6.45) is 0. The van der Waals surface area contributed by atoms with E-state index >= 15 is 0 Å². The Morgan fingerprint density at radius 1 is 1.54 bits per heavy atom. The summed E-state index contributed by atoms with van der Waals surface area (Å²) in [4.78, 5) is 18.6. The summed E-state index contributed by atoms with van der Waals surface area (Å²) in [5.41, 5.74) is 5.33. The number of fused-ring (bicyclic) bond motifs is 1. The minimum Gasteiger partial charge on any atom is -0.368 e. The summed E-state index contributed by atoms with van der Waals surface area (Å²) in [7, 11) is 0. The largest absolute Gasteiger partial charge is 0.368 e. The maximum atomic E-state index is 11.2. The summed E-state index contributed by atoms with van der Waals surface area (Å²) < 4.78 is 0. The van der Waals surface area contributed by atoms with Crippen molar-refractivity contribution in [3.63, 3.8) is 0 Å². The van der Waals surface area contributed by atoms with E-state index in [9.17, 15) is 4.79 Å². The summed E-state index contributed by atoms with van der Waals surface area (Å²) in [6, 6.07) is -0.674. The van der Waals surface area contributed by atoms with Gasteiger partial charge in [0.05, 0.1) is 0 Å². The number of carbonyl (C=O) groups is 1. The molecule has 2 aliphatic rings. The normalized spacial score (nSPS) is 25.8. The number of amides is 1. The Morgan fingerprint density at radius 3 is 3.00 bits per heavy atom. The van der Waals surface area contributed by atoms with Crippen molar-refractivity contribution in [1.29, 1.82) is 0 Å². The Kier molecular flexibility index (Phi) is 1.57. The molecule has 7 nitrogen and oxygen atoms in total. The fourth-order valence-electron chi connectivity index (χ4n) is 1.17. The van der Waals surface area contributed by atoms with Crippen LogP contribution in [-0.2, 0) is 4.79 Å². The van der Waals surface area contributed by atoms with E-state index in [2.05, 4.69) is 20.3 Å². The van der Waals surface area contributed by atoms with Crippen molar-refractivity contribution in [2.24, 2.45) is 26.1 Å². The fraction of sp³-hybridized carbons (Fsp3) is 0.500. The molecular weight excluding hydrogens is 172 g/mol. The molecule has 0 aromatic rings. The molecule has 0 fully saturated rings. The molecule has 0 aromatic heterocycles. The van der Waals surface area contributed by atoms with Gasteiger partial charge in [-0.1, -0.05) is 5.22 Å². The lowest BCUT2D eigenvalue weighted by molar-refractivity contribution is -0.117. The van der Waals surface area contributed by atoms with Crippen LogP contribution in [0.3, 0.4) is 0 Å². The van der Waals surface area contributed by atoms with Crippen molar-refractivity contribution in [2.75, 3.05) is 6.54 Å². The van der Waals surface area contributed by atoms with Crippen molar-refractivity contribution in [1.82, 2.24) is 5.01 Å². The Morgan fingerprint density at radius 2 is 2.31 bits per heavy atom. The van der Waals surface area contributed by atoms with Gasteiger partial charge in [0.15, 0.2) is 5.84 Å². The first-order valence-electron chi connectivity index (χ1n) is 3.87. The zero-order valence-electron chi connectivity index (χ0n) is 7.01. The highest BCUT2D eigenvalue weighted by Crippen LogP contribution is 2.16. The highest BCUT2D eigenvalue weighted by Gasteiger charge is 2.36. The molecule has 2 rings (SSSR count). The minimum atomic E-state index is -0.674. The molecule has 13 heavy (non-hydrogen) atoms. The second-order valence-corrected chi connectivity index (χ2v) is 2.60. The van der Waals surface area contributed by atoms with Crippen molar-refractivity contribution in [3.05, 3.63) is 0 Å². The summed E-state index contributed by atoms with van der Waals surface area (Å²) in [5, 5.41) is 9.03. The molecule has 68 valence electrons. The first kappa shape index (κ1) is 7.84. The monoisotopic (exact) mass is 180 g/mol. The van der Waals surface area contributed by atoms with Gasteiger partial charge >= 0.3 is 0 Å². The van der Waals surface area contributed by atoms with Crippen LogP contribution >= 0.6 is 0 Å². The van der Waals surface area contributed by atoms with E-state index in [4.69, 9.17) is 5.73 Å². The van der Waals surface area contributed by atoms with Crippen LogP contribution in [0.25, 0.3) is 0 Å². The molecule has 0 spiro atoms. The van der Waals surface area contributed by atoms with Gasteiger partial charge < -0.3 is 5.73 Å². The molecule has 0 saturated heterocycles. The Hall–Kier alpha value is -1.79. The van der Waals surface area contributed by atoms with Gasteiger partial charge in [-0.2, -0.15) is 9.98 Å². The second kappa shape index (κ2) is 2.61. The lowest BCUT2D eigenvalue weighted by Crippen LogP contribution is -2.39.